The highest BCUT2D eigenvalue weighted by atomic mass is 32.1. The Kier molecular flexibility index (Phi) is 5.37. The van der Waals surface area contributed by atoms with Gasteiger partial charge in [0.1, 0.15) is 10.6 Å². The number of benzene rings is 1. The minimum atomic E-state index is -0.0952. The highest BCUT2D eigenvalue weighted by Gasteiger charge is 2.15. The average molecular weight is 346 g/mol. The molecule has 24 heavy (non-hydrogen) atoms. The maximum absolute atomic E-state index is 12.3. The molecule has 3 rings (SSSR count). The number of thiophene rings is 1. The molecule has 1 aliphatic heterocycles. The van der Waals surface area contributed by atoms with Gasteiger partial charge in [-0.25, -0.2) is 0 Å². The zero-order chi connectivity index (χ0) is 16.9. The van der Waals surface area contributed by atoms with Gasteiger partial charge in [0.05, 0.1) is 20.3 Å². The van der Waals surface area contributed by atoms with Gasteiger partial charge in [-0.2, -0.15) is 0 Å². The van der Waals surface area contributed by atoms with E-state index in [-0.39, 0.29) is 5.91 Å². The summed E-state index contributed by atoms with van der Waals surface area (Å²) in [5.41, 5.74) is 2.27. The molecule has 0 saturated carbocycles. The highest BCUT2D eigenvalue weighted by molar-refractivity contribution is 7.14. The van der Waals surface area contributed by atoms with Gasteiger partial charge in [-0.05, 0) is 30.7 Å². The van der Waals surface area contributed by atoms with Crippen LogP contribution in [-0.2, 0) is 11.3 Å². The molecule has 0 atom stereocenters. The molecule has 1 fully saturated rings. The largest absolute Gasteiger partial charge is 0.495 e. The number of carbonyl (C=O) groups is 1. The van der Waals surface area contributed by atoms with Crippen molar-refractivity contribution in [1.82, 2.24) is 5.32 Å². The summed E-state index contributed by atoms with van der Waals surface area (Å²) in [6, 6.07) is 10.2. The number of hydrogen-bond acceptors (Lipinski definition) is 5. The van der Waals surface area contributed by atoms with Crippen LogP contribution in [0.15, 0.2) is 30.3 Å². The van der Waals surface area contributed by atoms with Gasteiger partial charge in [0.2, 0.25) is 0 Å². The summed E-state index contributed by atoms with van der Waals surface area (Å²) in [5.74, 6) is 0.542. The van der Waals surface area contributed by atoms with Gasteiger partial charge in [0.15, 0.2) is 0 Å². The van der Waals surface area contributed by atoms with Crippen LogP contribution in [0, 0.1) is 6.92 Å². The lowest BCUT2D eigenvalue weighted by atomic mass is 10.2. The zero-order valence-corrected chi connectivity index (χ0v) is 14.8. The molecule has 128 valence electrons. The Morgan fingerprint density at radius 2 is 2.00 bits per heavy atom. The van der Waals surface area contributed by atoms with Gasteiger partial charge in [0, 0.05) is 30.2 Å². The van der Waals surface area contributed by atoms with Crippen molar-refractivity contribution in [3.63, 3.8) is 0 Å². The topological polar surface area (TPSA) is 50.8 Å². The molecule has 0 spiro atoms. The van der Waals surface area contributed by atoms with Crippen LogP contribution in [0.1, 0.15) is 20.1 Å². The molecule has 1 aliphatic rings. The Balaban J connectivity index is 1.59. The predicted octanol–water partition coefficient (Wildman–Crippen LogP) is 2.83. The molecular formula is C18H22N2O3S. The van der Waals surface area contributed by atoms with Gasteiger partial charge in [0.25, 0.3) is 5.91 Å². The molecule has 0 aliphatic carbocycles. The fourth-order valence-electron chi connectivity index (χ4n) is 2.71. The normalized spacial score (nSPS) is 14.5. The first kappa shape index (κ1) is 16.8. The van der Waals surface area contributed by atoms with Crippen molar-refractivity contribution in [2.75, 3.05) is 38.3 Å². The van der Waals surface area contributed by atoms with Crippen molar-refractivity contribution < 1.29 is 14.3 Å². The summed E-state index contributed by atoms with van der Waals surface area (Å²) < 4.78 is 10.6. The fourth-order valence-corrected chi connectivity index (χ4v) is 3.61. The molecule has 0 radical (unpaired) electrons. The van der Waals surface area contributed by atoms with E-state index >= 15 is 0 Å². The monoisotopic (exact) mass is 346 g/mol. The molecule has 1 amide bonds. The van der Waals surface area contributed by atoms with E-state index in [2.05, 4.69) is 34.5 Å². The molecule has 1 N–H and O–H groups in total. The molecule has 1 saturated heterocycles. The van der Waals surface area contributed by atoms with Crippen LogP contribution in [0.2, 0.25) is 0 Å². The number of morpholine rings is 1. The maximum Gasteiger partial charge on any atom is 0.265 e. The van der Waals surface area contributed by atoms with Crippen molar-refractivity contribution in [1.29, 1.82) is 0 Å². The third-order valence-electron chi connectivity index (χ3n) is 4.01. The number of aryl methyl sites for hydroxylation is 1. The molecule has 2 aromatic rings. The van der Waals surface area contributed by atoms with E-state index in [0.29, 0.717) is 17.2 Å². The minimum absolute atomic E-state index is 0.0952. The van der Waals surface area contributed by atoms with E-state index in [4.69, 9.17) is 9.47 Å². The van der Waals surface area contributed by atoms with Gasteiger partial charge >= 0.3 is 0 Å². The average Bonchev–Trinajstić information content (AvgIpc) is 3.02. The first-order valence-corrected chi connectivity index (χ1v) is 8.83. The molecule has 0 unspecified atom stereocenters. The van der Waals surface area contributed by atoms with Crippen molar-refractivity contribution in [2.45, 2.75) is 13.5 Å². The van der Waals surface area contributed by atoms with E-state index in [1.165, 1.54) is 17.0 Å². The summed E-state index contributed by atoms with van der Waals surface area (Å²) in [4.78, 5) is 16.3. The smallest absolute Gasteiger partial charge is 0.265 e. The standard InChI is InChI=1S/C18H22N2O3S/c1-13-11-16(22-2)17(24-13)18(21)19-12-14-3-5-15(6-4-14)20-7-9-23-10-8-20/h3-6,11H,7-10,12H2,1-2H3,(H,19,21). The van der Waals surface area contributed by atoms with Crippen molar-refractivity contribution in [3.8, 4) is 5.75 Å². The summed E-state index contributed by atoms with van der Waals surface area (Å²) in [5, 5.41) is 2.96. The predicted molar refractivity (Wildman–Crippen MR) is 96.3 cm³/mol. The van der Waals surface area contributed by atoms with Crippen molar-refractivity contribution >= 4 is 22.9 Å². The van der Waals surface area contributed by atoms with Crippen LogP contribution in [-0.4, -0.2) is 39.3 Å². The van der Waals surface area contributed by atoms with Crippen molar-refractivity contribution in [3.05, 3.63) is 45.6 Å². The third-order valence-corrected chi connectivity index (χ3v) is 5.04. The van der Waals surface area contributed by atoms with Crippen LogP contribution in [0.3, 0.4) is 0 Å². The Bertz CT molecular complexity index is 691. The minimum Gasteiger partial charge on any atom is -0.495 e. The van der Waals surface area contributed by atoms with Crippen molar-refractivity contribution in [2.24, 2.45) is 0 Å². The van der Waals surface area contributed by atoms with Gasteiger partial charge in [-0.15, -0.1) is 11.3 Å². The molecule has 5 nitrogen and oxygen atoms in total. The van der Waals surface area contributed by atoms with E-state index in [1.807, 2.05) is 13.0 Å². The van der Waals surface area contributed by atoms with Gasteiger partial charge in [-0.3, -0.25) is 4.79 Å². The molecule has 6 heteroatoms. The first-order chi connectivity index (χ1) is 11.7. The first-order valence-electron chi connectivity index (χ1n) is 8.01. The summed E-state index contributed by atoms with van der Waals surface area (Å²) in [6.45, 7) is 5.87. The molecule has 0 bridgehead atoms. The Morgan fingerprint density at radius 3 is 2.67 bits per heavy atom. The summed E-state index contributed by atoms with van der Waals surface area (Å²) in [6.07, 6.45) is 0. The number of hydrogen-bond donors (Lipinski definition) is 1. The third kappa shape index (κ3) is 3.88. The van der Waals surface area contributed by atoms with Gasteiger partial charge < -0.3 is 19.7 Å². The summed E-state index contributed by atoms with van der Waals surface area (Å²) >= 11 is 1.45. The Labute approximate surface area is 146 Å². The zero-order valence-electron chi connectivity index (χ0n) is 14.0. The molecule has 1 aromatic carbocycles. The van der Waals surface area contributed by atoms with E-state index in [1.54, 1.807) is 7.11 Å². The highest BCUT2D eigenvalue weighted by Crippen LogP contribution is 2.28. The fraction of sp³-hybridized carbons (Fsp3) is 0.389. The van der Waals surface area contributed by atoms with Crippen LogP contribution >= 0.6 is 11.3 Å². The van der Waals surface area contributed by atoms with Gasteiger partial charge in [-0.1, -0.05) is 12.1 Å². The summed E-state index contributed by atoms with van der Waals surface area (Å²) in [7, 11) is 1.59. The molecular weight excluding hydrogens is 324 g/mol. The van der Waals surface area contributed by atoms with Crippen LogP contribution in [0.5, 0.6) is 5.75 Å². The number of nitrogens with one attached hydrogen (secondary N) is 1. The Hall–Kier alpha value is -2.05. The van der Waals surface area contributed by atoms with E-state index in [0.717, 1.165) is 36.7 Å². The molecule has 1 aromatic heterocycles. The molecule has 2 heterocycles. The van der Waals surface area contributed by atoms with Crippen LogP contribution in [0.25, 0.3) is 0 Å². The van der Waals surface area contributed by atoms with Crippen LogP contribution in [0.4, 0.5) is 5.69 Å². The number of amides is 1. The second-order valence-corrected chi connectivity index (χ2v) is 6.96. The second kappa shape index (κ2) is 7.68. The number of nitrogens with zero attached hydrogens (tertiary/aromatic N) is 1. The Morgan fingerprint density at radius 1 is 1.29 bits per heavy atom. The lowest BCUT2D eigenvalue weighted by molar-refractivity contribution is 0.0952. The maximum atomic E-state index is 12.3. The number of ether oxygens (including phenoxy) is 2. The van der Waals surface area contributed by atoms with E-state index in [9.17, 15) is 4.79 Å². The number of carbonyl (C=O) groups excluding carboxylic acids is 1. The lowest BCUT2D eigenvalue weighted by Crippen LogP contribution is -2.36. The number of methoxy groups -OCH3 is 1. The second-order valence-electron chi connectivity index (χ2n) is 5.70. The SMILES string of the molecule is COc1cc(C)sc1C(=O)NCc1ccc(N2CCOCC2)cc1. The van der Waals surface area contributed by atoms with E-state index < -0.39 is 0 Å². The number of rotatable bonds is 5. The quantitative estimate of drug-likeness (QED) is 0.904. The van der Waals surface area contributed by atoms with Crippen LogP contribution < -0.4 is 15.0 Å². The lowest BCUT2D eigenvalue weighted by Gasteiger charge is -2.28. The number of anilines is 1.